The van der Waals surface area contributed by atoms with Crippen molar-refractivity contribution in [2.45, 2.75) is 30.7 Å². The Morgan fingerprint density at radius 2 is 1.88 bits per heavy atom. The molecule has 1 atom stereocenters. The summed E-state index contributed by atoms with van der Waals surface area (Å²) in [6, 6.07) is 0. The van der Waals surface area contributed by atoms with E-state index in [1.165, 1.54) is 11.9 Å². The van der Waals surface area contributed by atoms with Crippen LogP contribution in [0.1, 0.15) is 12.8 Å². The molecule has 0 aromatic rings. The van der Waals surface area contributed by atoms with E-state index in [9.17, 15) is 18.3 Å². The Kier molecular flexibility index (Phi) is 4.77. The first-order valence-corrected chi connectivity index (χ1v) is 5.46. The zero-order valence-electron chi connectivity index (χ0n) is 9.70. The molecule has 2 N–H and O–H groups in total. The summed E-state index contributed by atoms with van der Waals surface area (Å²) in [5.74, 6) is 0. The molecule has 1 saturated heterocycles. The van der Waals surface area contributed by atoms with Crippen LogP contribution in [0.3, 0.4) is 0 Å². The Morgan fingerprint density at radius 3 is 2.29 bits per heavy atom. The van der Waals surface area contributed by atoms with Gasteiger partial charge in [0.15, 0.2) is 6.10 Å². The average molecular weight is 257 g/mol. The van der Waals surface area contributed by atoms with Gasteiger partial charge in [-0.1, -0.05) is 0 Å². The minimum absolute atomic E-state index is 0.239. The Hall–Kier alpha value is -0.370. The van der Waals surface area contributed by atoms with Crippen molar-refractivity contribution < 1.29 is 28.1 Å². The van der Waals surface area contributed by atoms with Crippen LogP contribution in [0.2, 0.25) is 0 Å². The molecule has 0 aliphatic carbocycles. The maximum Gasteiger partial charge on any atom is 0.415 e. The average Bonchev–Trinajstić information content (AvgIpc) is 2.28. The van der Waals surface area contributed by atoms with Crippen LogP contribution in [0.5, 0.6) is 0 Å². The fourth-order valence-electron chi connectivity index (χ4n) is 1.97. The van der Waals surface area contributed by atoms with Crippen molar-refractivity contribution in [2.75, 3.05) is 33.4 Å². The predicted octanol–water partition coefficient (Wildman–Crippen LogP) is 0.383. The van der Waals surface area contributed by atoms with E-state index in [0.717, 1.165) is 0 Å². The number of β-amino-alcohol motifs (C(OH)–C–C–N with tert-alkyl or cyclic N) is 1. The molecule has 0 aromatic heterocycles. The van der Waals surface area contributed by atoms with Crippen molar-refractivity contribution in [3.63, 3.8) is 0 Å². The largest absolute Gasteiger partial charge is 0.415 e. The number of ether oxygens (including phenoxy) is 1. The highest BCUT2D eigenvalue weighted by Gasteiger charge is 2.43. The van der Waals surface area contributed by atoms with Crippen molar-refractivity contribution in [3.8, 4) is 0 Å². The van der Waals surface area contributed by atoms with E-state index < -0.39 is 24.4 Å². The Balaban J connectivity index is 2.63. The van der Waals surface area contributed by atoms with Gasteiger partial charge in [-0.25, -0.2) is 0 Å². The maximum atomic E-state index is 12.2. The highest BCUT2D eigenvalue weighted by atomic mass is 19.4. The Labute approximate surface area is 98.0 Å². The van der Waals surface area contributed by atoms with Crippen LogP contribution < -0.4 is 0 Å². The van der Waals surface area contributed by atoms with Gasteiger partial charge < -0.3 is 14.9 Å². The second kappa shape index (κ2) is 5.51. The minimum Gasteiger partial charge on any atom is -0.394 e. The Bertz CT molecular complexity index is 241. The summed E-state index contributed by atoms with van der Waals surface area (Å²) in [4.78, 5) is 1.38. The smallest absolute Gasteiger partial charge is 0.394 e. The number of alkyl halides is 3. The van der Waals surface area contributed by atoms with Crippen LogP contribution in [0.25, 0.3) is 0 Å². The normalized spacial score (nSPS) is 22.8. The molecule has 1 aliphatic rings. The standard InChI is InChI=1S/C10H18F3NO3/c1-14(6-8(16)10(11,12)13)9(7-15)2-4-17-5-3-9/h8,15-16H,2-7H2,1H3. The summed E-state index contributed by atoms with van der Waals surface area (Å²) in [7, 11) is 1.48. The van der Waals surface area contributed by atoms with Crippen molar-refractivity contribution in [3.05, 3.63) is 0 Å². The SMILES string of the molecule is CN(CC(O)C(F)(F)F)C1(CO)CCOCC1. The molecular weight excluding hydrogens is 239 g/mol. The molecule has 0 amide bonds. The molecule has 1 aliphatic heterocycles. The second-order valence-corrected chi connectivity index (χ2v) is 4.43. The lowest BCUT2D eigenvalue weighted by molar-refractivity contribution is -0.213. The molecule has 102 valence electrons. The van der Waals surface area contributed by atoms with Gasteiger partial charge in [-0.15, -0.1) is 0 Å². The molecule has 0 aromatic carbocycles. The summed E-state index contributed by atoms with van der Waals surface area (Å²) in [6.45, 7) is 0.0432. The number of nitrogens with zero attached hydrogens (tertiary/aromatic N) is 1. The fourth-order valence-corrected chi connectivity index (χ4v) is 1.97. The van der Waals surface area contributed by atoms with Crippen LogP contribution >= 0.6 is 0 Å². The van der Waals surface area contributed by atoms with Gasteiger partial charge in [-0.2, -0.15) is 13.2 Å². The second-order valence-electron chi connectivity index (χ2n) is 4.43. The minimum atomic E-state index is -4.63. The highest BCUT2D eigenvalue weighted by Crippen LogP contribution is 2.28. The third-order valence-corrected chi connectivity index (χ3v) is 3.35. The highest BCUT2D eigenvalue weighted by molar-refractivity contribution is 4.92. The first-order valence-electron chi connectivity index (χ1n) is 5.46. The number of aliphatic hydroxyl groups excluding tert-OH is 2. The quantitative estimate of drug-likeness (QED) is 0.764. The summed E-state index contributed by atoms with van der Waals surface area (Å²) in [5.41, 5.74) is -0.718. The van der Waals surface area contributed by atoms with E-state index in [1.54, 1.807) is 0 Å². The van der Waals surface area contributed by atoms with E-state index in [2.05, 4.69) is 0 Å². The lowest BCUT2D eigenvalue weighted by Crippen LogP contribution is -2.56. The predicted molar refractivity (Wildman–Crippen MR) is 54.6 cm³/mol. The van der Waals surface area contributed by atoms with E-state index >= 15 is 0 Å². The molecule has 0 spiro atoms. The van der Waals surface area contributed by atoms with Crippen LogP contribution in [-0.4, -0.2) is 66.3 Å². The van der Waals surface area contributed by atoms with Crippen molar-refractivity contribution in [1.29, 1.82) is 0 Å². The van der Waals surface area contributed by atoms with Crippen LogP contribution in [0, 0.1) is 0 Å². The Morgan fingerprint density at radius 1 is 1.35 bits per heavy atom. The van der Waals surface area contributed by atoms with Gasteiger partial charge in [0.05, 0.1) is 6.61 Å². The lowest BCUT2D eigenvalue weighted by Gasteiger charge is -2.44. The third-order valence-electron chi connectivity index (χ3n) is 3.35. The van der Waals surface area contributed by atoms with Gasteiger partial charge >= 0.3 is 6.18 Å². The topological polar surface area (TPSA) is 52.9 Å². The summed E-state index contributed by atoms with van der Waals surface area (Å²) in [6.07, 6.45) is -6.09. The molecule has 0 radical (unpaired) electrons. The van der Waals surface area contributed by atoms with Gasteiger partial charge in [0, 0.05) is 25.3 Å². The number of hydrogen-bond acceptors (Lipinski definition) is 4. The zero-order valence-corrected chi connectivity index (χ0v) is 9.70. The molecule has 17 heavy (non-hydrogen) atoms. The van der Waals surface area contributed by atoms with Gasteiger partial charge in [0.25, 0.3) is 0 Å². The molecule has 1 rings (SSSR count). The summed E-state index contributed by atoms with van der Waals surface area (Å²) in [5, 5.41) is 18.4. The van der Waals surface area contributed by atoms with E-state index in [1.807, 2.05) is 0 Å². The van der Waals surface area contributed by atoms with Gasteiger partial charge in [-0.05, 0) is 19.9 Å². The molecule has 1 heterocycles. The number of likely N-dealkylation sites (N-methyl/N-ethyl adjacent to an activating group) is 1. The van der Waals surface area contributed by atoms with E-state index in [4.69, 9.17) is 9.84 Å². The summed E-state index contributed by atoms with van der Waals surface area (Å²) < 4.78 is 41.9. The molecule has 1 fully saturated rings. The van der Waals surface area contributed by atoms with E-state index in [-0.39, 0.29) is 6.61 Å². The number of halogens is 3. The van der Waals surface area contributed by atoms with Crippen molar-refractivity contribution in [1.82, 2.24) is 4.90 Å². The fraction of sp³-hybridized carbons (Fsp3) is 1.00. The van der Waals surface area contributed by atoms with Crippen LogP contribution in [0.4, 0.5) is 13.2 Å². The molecule has 7 heteroatoms. The molecule has 0 bridgehead atoms. The van der Waals surface area contributed by atoms with E-state index in [0.29, 0.717) is 26.1 Å². The third kappa shape index (κ3) is 3.54. The van der Waals surface area contributed by atoms with Crippen LogP contribution in [0.15, 0.2) is 0 Å². The first kappa shape index (κ1) is 14.7. The molecule has 1 unspecified atom stereocenters. The number of rotatable bonds is 4. The van der Waals surface area contributed by atoms with Gasteiger partial charge in [-0.3, -0.25) is 4.90 Å². The number of hydrogen-bond donors (Lipinski definition) is 2. The molecular formula is C10H18F3NO3. The van der Waals surface area contributed by atoms with Gasteiger partial charge in [0.1, 0.15) is 0 Å². The summed E-state index contributed by atoms with van der Waals surface area (Å²) >= 11 is 0. The molecule has 4 nitrogen and oxygen atoms in total. The van der Waals surface area contributed by atoms with Crippen molar-refractivity contribution in [2.24, 2.45) is 0 Å². The van der Waals surface area contributed by atoms with Gasteiger partial charge in [0.2, 0.25) is 0 Å². The zero-order chi connectivity index (χ0) is 13.1. The number of aliphatic hydroxyl groups is 2. The maximum absolute atomic E-state index is 12.2. The first-order chi connectivity index (χ1) is 7.82. The lowest BCUT2D eigenvalue weighted by atomic mass is 9.89. The molecule has 0 saturated carbocycles. The van der Waals surface area contributed by atoms with Crippen LogP contribution in [-0.2, 0) is 4.74 Å². The van der Waals surface area contributed by atoms with Crippen molar-refractivity contribution >= 4 is 0 Å². The monoisotopic (exact) mass is 257 g/mol.